The number of benzene rings is 9. The Bertz CT molecular complexity index is 6040. The number of carbonyl (C=O) groups excluding carboxylic acids is 7. The summed E-state index contributed by atoms with van der Waals surface area (Å²) in [5.74, 6) is 1.43. The molecule has 127 heavy (non-hydrogen) atoms. The molecule has 9 aromatic carbocycles. The van der Waals surface area contributed by atoms with E-state index in [1.165, 1.54) is 156 Å². The number of phenolic OH excluding ortho intramolecular Hbond substituents is 1. The van der Waals surface area contributed by atoms with Crippen molar-refractivity contribution in [1.82, 2.24) is 39.9 Å². The molecule has 32 nitrogen and oxygen atoms in total. The molecule has 0 aliphatic carbocycles. The van der Waals surface area contributed by atoms with Crippen LogP contribution >= 0.6 is 23.2 Å². The normalized spacial score (nSPS) is 10.9. The van der Waals surface area contributed by atoms with E-state index in [0.29, 0.717) is 74.5 Å². The van der Waals surface area contributed by atoms with Crippen LogP contribution < -0.4 is 61.5 Å². The van der Waals surface area contributed by atoms with E-state index in [0.717, 1.165) is 29.8 Å². The standard InChI is InChI=1S/C25H18F3N5O4.C21H16ClF3N4O3.C21H20N4O4.C20H17ClN4O4/c26-25(27,28)21-7-2-1-4-16(21)12-23(34)32-17-8-10-20(11-9-17)37-24-14-22(29-15-30-24)31-18-5-3-6-19(13-18)33(35)36;1-12(30)28-18-10-20(27-11-26-18)32-16-5-3-15(4-6-16)29-19(31)9-13-8-14(22)2-7-17(13)21(23,24)25;1-14(26)24-18-12-19(23-13-22-18)29-17-10-8-16(9-11-17)25-21(27)20(28-2)15-6-4-3-5-7-15;1-12(26)24-18-10-20(23-11-22-18)29-15-5-3-14(4-6-15)25-19(28)9-13-2-7-17(27)16(21)8-13/h1-11,13-15H,12H2,(H,32,34)(H,29,30,31);2-8,10-11H,9H2,1H3,(H,29,31)(H,26,27,28,30);3-13,20H,1-2H3,(H,25,27)(H,22,23,24,26);2-8,10-11,27H,9H2,1H3,(H,25,28)(H,22,23,24,26)/t;;20-;/m..0./s1. The van der Waals surface area contributed by atoms with Crippen molar-refractivity contribution < 1.29 is 93.6 Å². The average molecular weight is 1780 g/mol. The van der Waals surface area contributed by atoms with E-state index < -0.39 is 59.2 Å². The summed E-state index contributed by atoms with van der Waals surface area (Å²) in [7, 11) is 1.49. The van der Waals surface area contributed by atoms with Gasteiger partial charge in [-0.05, 0) is 162 Å². The van der Waals surface area contributed by atoms with Gasteiger partial charge in [-0.15, -0.1) is 0 Å². The third-order valence-electron chi connectivity index (χ3n) is 16.6. The maximum atomic E-state index is 13.1. The van der Waals surface area contributed by atoms with Crippen LogP contribution in [0.5, 0.6) is 52.3 Å². The summed E-state index contributed by atoms with van der Waals surface area (Å²) in [5, 5.41) is 41.9. The Labute approximate surface area is 727 Å². The first kappa shape index (κ1) is 93.2. The molecule has 0 saturated carbocycles. The Morgan fingerprint density at radius 2 is 0.803 bits per heavy atom. The third-order valence-corrected chi connectivity index (χ3v) is 17.1. The second-order valence-corrected chi connectivity index (χ2v) is 27.2. The number of hydrogen-bond donors (Lipinski definition) is 9. The number of methoxy groups -OCH3 is 1. The fourth-order valence-corrected chi connectivity index (χ4v) is 11.5. The Morgan fingerprint density at radius 1 is 0.409 bits per heavy atom. The molecular weight excluding hydrogens is 1710 g/mol. The minimum absolute atomic E-state index is 0.0284. The number of alkyl halides is 6. The summed E-state index contributed by atoms with van der Waals surface area (Å²) < 4.78 is 107. The topological polar surface area (TPSA) is 428 Å². The van der Waals surface area contributed by atoms with Gasteiger partial charge in [0.05, 0.1) is 40.3 Å². The van der Waals surface area contributed by atoms with Crippen LogP contribution in [0.4, 0.5) is 83.7 Å². The van der Waals surface area contributed by atoms with Gasteiger partial charge in [-0.1, -0.05) is 83.9 Å². The second-order valence-electron chi connectivity index (χ2n) is 26.4. The van der Waals surface area contributed by atoms with Gasteiger partial charge >= 0.3 is 12.4 Å². The Balaban J connectivity index is 0.000000177. The van der Waals surface area contributed by atoms with Crippen molar-refractivity contribution in [3.63, 3.8) is 0 Å². The first-order valence-electron chi connectivity index (χ1n) is 37.2. The van der Waals surface area contributed by atoms with Gasteiger partial charge in [-0.25, -0.2) is 39.9 Å². The third kappa shape index (κ3) is 30.5. The number of halogens is 8. The Morgan fingerprint density at radius 3 is 1.22 bits per heavy atom. The molecule has 4 heterocycles. The zero-order valence-electron chi connectivity index (χ0n) is 66.7. The number of phenols is 1. The first-order chi connectivity index (χ1) is 60.7. The van der Waals surface area contributed by atoms with E-state index in [1.54, 1.807) is 78.9 Å². The minimum atomic E-state index is -4.60. The van der Waals surface area contributed by atoms with Crippen molar-refractivity contribution in [2.24, 2.45) is 0 Å². The van der Waals surface area contributed by atoms with Gasteiger partial charge in [-0.3, -0.25) is 43.7 Å². The first-order valence-corrected chi connectivity index (χ1v) is 38.0. The van der Waals surface area contributed by atoms with E-state index in [-0.39, 0.29) is 97.9 Å². The molecule has 0 radical (unpaired) electrons. The number of rotatable bonds is 27. The number of nitro benzene ring substituents is 1. The Hall–Kier alpha value is -16.1. The SMILES string of the molecule is CC(=O)Nc1cc(Oc2ccc(NC(=O)Cc3cc(Cl)ccc3C(F)(F)F)cc2)ncn1.CC(=O)Nc1cc(Oc2ccc(NC(=O)Cc3ccc(O)c(Cl)c3)cc2)ncn1.CO[C@H](C(=O)Nc1ccc(Oc2cc(NC(C)=O)ncn2)cc1)c1ccccc1.O=C(Cc1ccccc1C(F)(F)F)Nc1ccc(Oc2cc(Nc3cccc([N+](=O)[O-])c3)ncn2)cc1. The second kappa shape index (κ2) is 44.6. The number of non-ortho nitro benzene ring substituents is 1. The van der Waals surface area contributed by atoms with Gasteiger partial charge < -0.3 is 71.3 Å². The lowest BCUT2D eigenvalue weighted by molar-refractivity contribution is -0.384. The molecule has 0 aliphatic heterocycles. The van der Waals surface area contributed by atoms with E-state index >= 15 is 0 Å². The van der Waals surface area contributed by atoms with Crippen LogP contribution in [-0.4, -0.2) is 98.4 Å². The number of aromatic hydroxyl groups is 1. The van der Waals surface area contributed by atoms with Crippen molar-refractivity contribution in [3.05, 3.63) is 315 Å². The van der Waals surface area contributed by atoms with Gasteiger partial charge in [-0.2, -0.15) is 26.3 Å². The van der Waals surface area contributed by atoms with Gasteiger partial charge in [0.15, 0.2) is 6.10 Å². The van der Waals surface area contributed by atoms with Gasteiger partial charge in [0.1, 0.15) is 77.3 Å². The zero-order valence-corrected chi connectivity index (χ0v) is 68.2. The number of nitrogens with one attached hydrogen (secondary N) is 8. The number of ether oxygens (including phenoxy) is 5. The lowest BCUT2D eigenvalue weighted by Crippen LogP contribution is -2.22. The molecule has 13 rings (SSSR count). The molecule has 13 aromatic rings. The number of amides is 7. The average Bonchev–Trinajstić information content (AvgIpc) is 0.822. The lowest BCUT2D eigenvalue weighted by Gasteiger charge is -2.16. The lowest BCUT2D eigenvalue weighted by atomic mass is 10.0. The van der Waals surface area contributed by atoms with Crippen molar-refractivity contribution in [1.29, 1.82) is 0 Å². The highest BCUT2D eigenvalue weighted by atomic mass is 35.5. The summed E-state index contributed by atoms with van der Waals surface area (Å²) in [6.45, 7) is 4.11. The van der Waals surface area contributed by atoms with Crippen molar-refractivity contribution in [3.8, 4) is 52.3 Å². The zero-order chi connectivity index (χ0) is 91.2. The highest BCUT2D eigenvalue weighted by Crippen LogP contribution is 2.37. The predicted octanol–water partition coefficient (Wildman–Crippen LogP) is 18.5. The molecule has 40 heteroatoms. The number of carbonyl (C=O) groups is 7. The fraction of sp³-hybridized carbons (Fsp3) is 0.115. The molecule has 0 saturated heterocycles. The fourth-order valence-electron chi connectivity index (χ4n) is 11.1. The van der Waals surface area contributed by atoms with Crippen LogP contribution in [-0.2, 0) is 69.9 Å². The summed E-state index contributed by atoms with van der Waals surface area (Å²) in [6.07, 6.45) is -5.62. The molecule has 4 aromatic heterocycles. The predicted molar refractivity (Wildman–Crippen MR) is 456 cm³/mol. The quantitative estimate of drug-likeness (QED) is 0.0131. The number of anilines is 9. The van der Waals surface area contributed by atoms with E-state index in [2.05, 4.69) is 82.4 Å². The monoisotopic (exact) mass is 1780 g/mol. The van der Waals surface area contributed by atoms with Crippen LogP contribution in [0.2, 0.25) is 10.0 Å². The van der Waals surface area contributed by atoms with Crippen molar-refractivity contribution in [2.45, 2.75) is 58.5 Å². The molecule has 650 valence electrons. The maximum absolute atomic E-state index is 13.1. The van der Waals surface area contributed by atoms with E-state index in [1.807, 2.05) is 30.3 Å². The number of hydrogen-bond acceptors (Lipinski definition) is 24. The van der Waals surface area contributed by atoms with E-state index in [4.69, 9.17) is 46.9 Å². The molecule has 0 spiro atoms. The maximum Gasteiger partial charge on any atom is 0.416 e. The minimum Gasteiger partial charge on any atom is -0.506 e. The summed E-state index contributed by atoms with van der Waals surface area (Å²) >= 11 is 11.6. The molecule has 9 N–H and O–H groups in total. The summed E-state index contributed by atoms with van der Waals surface area (Å²) in [4.78, 5) is 125. The van der Waals surface area contributed by atoms with Crippen LogP contribution in [0.3, 0.4) is 0 Å². The van der Waals surface area contributed by atoms with Crippen LogP contribution in [0.1, 0.15) is 60.3 Å². The molecule has 0 fully saturated rings. The smallest absolute Gasteiger partial charge is 0.416 e. The summed E-state index contributed by atoms with van der Waals surface area (Å²) in [6, 6.07) is 59.6. The molecule has 0 aliphatic rings. The van der Waals surface area contributed by atoms with Gasteiger partial charge in [0.2, 0.25) is 59.0 Å². The number of aromatic nitrogens is 8. The Kier molecular flexibility index (Phi) is 32.7. The molecular formula is C87H71Cl2F6N17O15. The molecule has 0 bridgehead atoms. The number of nitrogens with zero attached hydrogens (tertiary/aromatic N) is 9. The number of nitro groups is 1. The molecule has 7 amide bonds. The van der Waals surface area contributed by atoms with Gasteiger partial charge in [0, 0.05) is 97.7 Å². The summed E-state index contributed by atoms with van der Waals surface area (Å²) in [5.41, 5.74) is 1.65. The van der Waals surface area contributed by atoms with Crippen LogP contribution in [0.15, 0.2) is 262 Å². The van der Waals surface area contributed by atoms with E-state index in [9.17, 15) is 75.1 Å². The highest BCUT2D eigenvalue weighted by Gasteiger charge is 2.35. The van der Waals surface area contributed by atoms with Crippen LogP contribution in [0, 0.1) is 10.1 Å². The van der Waals surface area contributed by atoms with Crippen LogP contribution in [0.25, 0.3) is 0 Å². The molecule has 0 unspecified atom stereocenters. The molecule has 1 atom stereocenters. The van der Waals surface area contributed by atoms with Crippen molar-refractivity contribution >= 4 is 122 Å². The largest absolute Gasteiger partial charge is 0.506 e. The van der Waals surface area contributed by atoms with Crippen molar-refractivity contribution in [2.75, 3.05) is 49.6 Å². The highest BCUT2D eigenvalue weighted by molar-refractivity contribution is 6.32. The van der Waals surface area contributed by atoms with Gasteiger partial charge in [0.25, 0.3) is 11.6 Å².